The van der Waals surface area contributed by atoms with Gasteiger partial charge in [-0.3, -0.25) is 9.80 Å². The standard InChI is InChI=1S/C45H53ClN9O3P/c1-58-42-27-34(15-16-39(42)50-45-48-29-38(46)44(51-45)49-40-13-4-5-14-43(40)59(2,3)57)53-21-17-33(18-22-53)54-25-23-52(24-26-54)20-8-10-32-9-6-12-36-37(32)30-55(41(36)31-56)35-11-7-19-47-28-35/h4-6,9,12-16,27,29,33,35,47H,7,11,17-26,28,30H2,1-3H3,(H2,48,49,50,51). The Balaban J connectivity index is 0.826. The Labute approximate surface area is 352 Å². The summed E-state index contributed by atoms with van der Waals surface area (Å²) in [6, 6.07) is 20.7. The average Bonchev–Trinajstić information content (AvgIpc) is 3.65. The van der Waals surface area contributed by atoms with Crippen molar-refractivity contribution in [2.24, 2.45) is 0 Å². The molecule has 12 nitrogen and oxygen atoms in total. The number of hydrogen-bond donors (Lipinski definition) is 3. The van der Waals surface area contributed by atoms with Crippen molar-refractivity contribution < 1.29 is 14.1 Å². The zero-order valence-corrected chi connectivity index (χ0v) is 35.8. The Hall–Kier alpha value is -4.85. The molecule has 308 valence electrons. The number of fused-ring (bicyclic) bond motifs is 1. The Bertz CT molecular complexity index is 2310. The summed E-state index contributed by atoms with van der Waals surface area (Å²) in [5.41, 5.74) is 6.42. The molecule has 0 radical (unpaired) electrons. The number of piperidine rings is 2. The molecule has 4 aliphatic rings. The van der Waals surface area contributed by atoms with Crippen molar-refractivity contribution in [2.45, 2.75) is 44.3 Å². The highest BCUT2D eigenvalue weighted by Crippen LogP contribution is 2.40. The summed E-state index contributed by atoms with van der Waals surface area (Å²) in [4.78, 5) is 30.9. The Morgan fingerprint density at radius 3 is 2.51 bits per heavy atom. The highest BCUT2D eigenvalue weighted by atomic mass is 35.5. The molecule has 3 N–H and O–H groups in total. The molecule has 59 heavy (non-hydrogen) atoms. The molecule has 4 aliphatic heterocycles. The van der Waals surface area contributed by atoms with Crippen molar-refractivity contribution in [1.29, 1.82) is 0 Å². The lowest BCUT2D eigenvalue weighted by Gasteiger charge is -2.43. The number of carbonyl (C=O) groups excluding carboxylic acids is 1. The first kappa shape index (κ1) is 40.9. The second-order valence-corrected chi connectivity index (χ2v) is 19.7. The van der Waals surface area contributed by atoms with Gasteiger partial charge in [-0.1, -0.05) is 47.7 Å². The van der Waals surface area contributed by atoms with Gasteiger partial charge in [-0.25, -0.2) is 9.78 Å². The number of halogens is 1. The lowest BCUT2D eigenvalue weighted by Crippen LogP contribution is -2.53. The minimum Gasteiger partial charge on any atom is -0.494 e. The molecule has 5 heterocycles. The smallest absolute Gasteiger partial charge is 0.229 e. The summed E-state index contributed by atoms with van der Waals surface area (Å²) in [5.74, 6) is 10.6. The van der Waals surface area contributed by atoms with E-state index in [4.69, 9.17) is 16.3 Å². The van der Waals surface area contributed by atoms with Gasteiger partial charge in [-0.05, 0) is 81.5 Å². The van der Waals surface area contributed by atoms with Crippen molar-refractivity contribution in [3.63, 3.8) is 0 Å². The van der Waals surface area contributed by atoms with E-state index in [2.05, 4.69) is 81.5 Å². The number of methoxy groups -OCH3 is 1. The van der Waals surface area contributed by atoms with Crippen LogP contribution in [0.5, 0.6) is 5.75 Å². The summed E-state index contributed by atoms with van der Waals surface area (Å²) in [6.45, 7) is 13.0. The molecular formula is C45H53ClN9O3P. The average molecular weight is 834 g/mol. The maximum absolute atomic E-state index is 12.9. The molecule has 3 fully saturated rings. The quantitative estimate of drug-likeness (QED) is 0.0953. The van der Waals surface area contributed by atoms with E-state index in [1.54, 1.807) is 26.6 Å². The predicted molar refractivity (Wildman–Crippen MR) is 239 cm³/mol. The molecular weight excluding hydrogens is 781 g/mol. The van der Waals surface area contributed by atoms with Gasteiger partial charge in [0.1, 0.15) is 23.6 Å². The van der Waals surface area contributed by atoms with E-state index in [-0.39, 0.29) is 0 Å². The van der Waals surface area contributed by atoms with Gasteiger partial charge in [0.05, 0.1) is 31.2 Å². The molecule has 8 rings (SSSR count). The van der Waals surface area contributed by atoms with Gasteiger partial charge in [-0.15, -0.1) is 0 Å². The second kappa shape index (κ2) is 18.2. The highest BCUT2D eigenvalue weighted by Gasteiger charge is 2.33. The van der Waals surface area contributed by atoms with Crippen LogP contribution in [0.15, 0.2) is 66.9 Å². The van der Waals surface area contributed by atoms with Gasteiger partial charge >= 0.3 is 0 Å². The molecule has 0 bridgehead atoms. The maximum atomic E-state index is 12.9. The van der Waals surface area contributed by atoms with Crippen LogP contribution in [-0.4, -0.2) is 122 Å². The topological polar surface area (TPSA) is 118 Å². The third-order valence-electron chi connectivity index (χ3n) is 12.0. The number of aromatic nitrogens is 2. The molecule has 1 unspecified atom stereocenters. The third kappa shape index (κ3) is 9.32. The summed E-state index contributed by atoms with van der Waals surface area (Å²) in [5, 5.41) is 11.1. The van der Waals surface area contributed by atoms with Gasteiger partial charge in [0, 0.05) is 92.6 Å². The molecule has 0 aliphatic carbocycles. The minimum absolute atomic E-state index is 0.322. The summed E-state index contributed by atoms with van der Waals surface area (Å²) < 4.78 is 18.7. The molecule has 1 aromatic heterocycles. The highest BCUT2D eigenvalue weighted by molar-refractivity contribution is 7.70. The number of anilines is 5. The first-order valence-corrected chi connectivity index (χ1v) is 23.6. The van der Waals surface area contributed by atoms with E-state index >= 15 is 0 Å². The Morgan fingerprint density at radius 1 is 0.949 bits per heavy atom. The number of para-hydroxylation sites is 1. The fourth-order valence-electron chi connectivity index (χ4n) is 8.84. The van der Waals surface area contributed by atoms with Crippen LogP contribution < -0.4 is 30.9 Å². The van der Waals surface area contributed by atoms with Gasteiger partial charge in [-0.2, -0.15) is 4.98 Å². The normalized spacial score (nSPS) is 19.1. The van der Waals surface area contributed by atoms with Crippen molar-refractivity contribution in [1.82, 2.24) is 30.0 Å². The first-order chi connectivity index (χ1) is 28.7. The second-order valence-electron chi connectivity index (χ2n) is 16.1. The number of benzene rings is 3. The lowest BCUT2D eigenvalue weighted by atomic mass is 10.0. The fraction of sp³-hybridized carbons (Fsp3) is 0.422. The molecule has 14 heteroatoms. The van der Waals surface area contributed by atoms with Crippen molar-refractivity contribution in [2.75, 3.05) is 94.9 Å². The van der Waals surface area contributed by atoms with Crippen LogP contribution in [0.25, 0.3) is 5.70 Å². The van der Waals surface area contributed by atoms with E-state index in [9.17, 15) is 9.36 Å². The number of rotatable bonds is 10. The monoisotopic (exact) mass is 833 g/mol. The number of nitrogens with zero attached hydrogens (tertiary/aromatic N) is 6. The van der Waals surface area contributed by atoms with E-state index in [1.807, 2.05) is 42.5 Å². The number of nitrogens with one attached hydrogen (secondary N) is 3. The van der Waals surface area contributed by atoms with E-state index < -0.39 is 7.14 Å². The van der Waals surface area contributed by atoms with Crippen molar-refractivity contribution >= 4 is 64.5 Å². The summed E-state index contributed by atoms with van der Waals surface area (Å²) >= 11 is 6.49. The maximum Gasteiger partial charge on any atom is 0.229 e. The fourth-order valence-corrected chi connectivity index (χ4v) is 10.1. The predicted octanol–water partition coefficient (Wildman–Crippen LogP) is 6.25. The van der Waals surface area contributed by atoms with Gasteiger partial charge in [0.15, 0.2) is 11.8 Å². The lowest BCUT2D eigenvalue weighted by molar-refractivity contribution is 0.0920. The Morgan fingerprint density at radius 2 is 1.76 bits per heavy atom. The largest absolute Gasteiger partial charge is 0.494 e. The number of ether oxygens (including phenoxy) is 1. The SMILES string of the molecule is COc1cc(N2CCC(N3CCN(CC#Cc4cccc5c4CN(C4CCCNC4)C5=C=O)CC3)CC2)ccc1Nc1ncc(Cl)c(Nc2ccccc2P(C)(C)=O)n1. The van der Waals surface area contributed by atoms with E-state index in [0.717, 1.165) is 125 Å². The van der Waals surface area contributed by atoms with E-state index in [0.29, 0.717) is 46.0 Å². The van der Waals surface area contributed by atoms with Crippen LogP contribution in [0.1, 0.15) is 42.4 Å². The number of piperazine rings is 1. The third-order valence-corrected chi connectivity index (χ3v) is 13.9. The van der Waals surface area contributed by atoms with Crippen LogP contribution in [0.4, 0.5) is 28.8 Å². The molecule has 4 aromatic rings. The Kier molecular flexibility index (Phi) is 12.6. The number of hydrogen-bond acceptors (Lipinski definition) is 12. The van der Waals surface area contributed by atoms with Crippen molar-refractivity contribution in [3.8, 4) is 17.6 Å². The minimum atomic E-state index is -2.54. The zero-order valence-electron chi connectivity index (χ0n) is 34.1. The van der Waals surface area contributed by atoms with E-state index in [1.165, 1.54) is 0 Å². The van der Waals surface area contributed by atoms with Crippen LogP contribution >= 0.6 is 18.7 Å². The molecule has 3 saturated heterocycles. The van der Waals surface area contributed by atoms with Crippen LogP contribution in [0, 0.1) is 11.8 Å². The van der Waals surface area contributed by atoms with Crippen LogP contribution in [0.2, 0.25) is 5.02 Å². The van der Waals surface area contributed by atoms with Crippen LogP contribution in [0.3, 0.4) is 0 Å². The molecule has 1 atom stereocenters. The van der Waals surface area contributed by atoms with Crippen molar-refractivity contribution in [3.05, 3.63) is 88.6 Å². The molecule has 0 amide bonds. The molecule has 0 saturated carbocycles. The molecule has 3 aromatic carbocycles. The van der Waals surface area contributed by atoms with Gasteiger partial charge in [0.2, 0.25) is 5.95 Å². The molecule has 0 spiro atoms. The summed E-state index contributed by atoms with van der Waals surface area (Å²) in [7, 11) is -0.871. The first-order valence-electron chi connectivity index (χ1n) is 20.6. The zero-order chi connectivity index (χ0) is 40.9. The summed E-state index contributed by atoms with van der Waals surface area (Å²) in [6.07, 6.45) is 5.97. The van der Waals surface area contributed by atoms with Crippen LogP contribution in [-0.2, 0) is 15.9 Å². The van der Waals surface area contributed by atoms with Gasteiger partial charge in [0.25, 0.3) is 0 Å². The van der Waals surface area contributed by atoms with Gasteiger partial charge < -0.3 is 35.1 Å².